The molecule has 1 heterocycles. The van der Waals surface area contributed by atoms with Crippen molar-refractivity contribution in [1.82, 2.24) is 4.90 Å². The van der Waals surface area contributed by atoms with Gasteiger partial charge in [-0.25, -0.2) is 8.78 Å². The fourth-order valence-electron chi connectivity index (χ4n) is 1.08. The smallest absolute Gasteiger partial charge is 0.268 e. The van der Waals surface area contributed by atoms with Crippen molar-refractivity contribution in [3.63, 3.8) is 0 Å². The first kappa shape index (κ1) is 7.92. The van der Waals surface area contributed by atoms with Crippen LogP contribution in [0.5, 0.6) is 0 Å². The van der Waals surface area contributed by atoms with Crippen molar-refractivity contribution in [2.45, 2.75) is 18.4 Å². The first-order valence-corrected chi connectivity index (χ1v) is 3.08. The minimum absolute atomic E-state index is 0.379. The van der Waals surface area contributed by atoms with Gasteiger partial charge in [0.25, 0.3) is 5.92 Å². The van der Waals surface area contributed by atoms with E-state index in [-0.39, 0.29) is 0 Å². The molecule has 0 radical (unpaired) electrons. The summed E-state index contributed by atoms with van der Waals surface area (Å²) in [5.74, 6) is -2.89. The van der Waals surface area contributed by atoms with E-state index < -0.39 is 24.9 Å². The molecule has 0 spiro atoms. The predicted octanol–water partition coefficient (Wildman–Crippen LogP) is 0.376. The third kappa shape index (κ3) is 1.45. The van der Waals surface area contributed by atoms with Crippen molar-refractivity contribution in [2.24, 2.45) is 0 Å². The Morgan fingerprint density at radius 1 is 1.73 bits per heavy atom. The summed E-state index contributed by atoms with van der Waals surface area (Å²) >= 11 is 0. The van der Waals surface area contributed by atoms with E-state index in [1.54, 1.807) is 6.19 Å². The van der Waals surface area contributed by atoms with E-state index in [1.165, 1.54) is 0 Å². The van der Waals surface area contributed by atoms with Gasteiger partial charge in [0.2, 0.25) is 0 Å². The standard InChI is InChI=1S/C6H6F2N2O/c7-6(8)1-5(2-11)10(3-6)4-9/h2,5H,1,3H2. The molecule has 0 aromatic carbocycles. The summed E-state index contributed by atoms with van der Waals surface area (Å²) < 4.78 is 24.9. The van der Waals surface area contributed by atoms with Crippen LogP contribution in [0.1, 0.15) is 6.42 Å². The number of aldehydes is 1. The number of hydrogen-bond acceptors (Lipinski definition) is 3. The highest BCUT2D eigenvalue weighted by atomic mass is 19.3. The van der Waals surface area contributed by atoms with Crippen molar-refractivity contribution in [3.05, 3.63) is 0 Å². The van der Waals surface area contributed by atoms with E-state index >= 15 is 0 Å². The van der Waals surface area contributed by atoms with E-state index in [1.807, 2.05) is 0 Å². The van der Waals surface area contributed by atoms with Crippen molar-refractivity contribution in [3.8, 4) is 6.19 Å². The highest BCUT2D eigenvalue weighted by molar-refractivity contribution is 5.59. The monoisotopic (exact) mass is 160 g/mol. The van der Waals surface area contributed by atoms with Crippen LogP contribution in [-0.4, -0.2) is 29.7 Å². The lowest BCUT2D eigenvalue weighted by Gasteiger charge is -2.09. The van der Waals surface area contributed by atoms with Gasteiger partial charge in [-0.3, -0.25) is 4.90 Å². The van der Waals surface area contributed by atoms with E-state index in [4.69, 9.17) is 5.26 Å². The molecule has 11 heavy (non-hydrogen) atoms. The van der Waals surface area contributed by atoms with Gasteiger partial charge in [-0.15, -0.1) is 0 Å². The van der Waals surface area contributed by atoms with Crippen molar-refractivity contribution in [1.29, 1.82) is 5.26 Å². The summed E-state index contributed by atoms with van der Waals surface area (Å²) in [6.07, 6.45) is 1.38. The molecule has 1 aliphatic rings. The first-order valence-electron chi connectivity index (χ1n) is 3.08. The Hall–Kier alpha value is -1.18. The molecule has 1 saturated heterocycles. The number of rotatable bonds is 1. The van der Waals surface area contributed by atoms with Crippen LogP contribution in [0.25, 0.3) is 0 Å². The van der Waals surface area contributed by atoms with E-state index in [2.05, 4.69) is 0 Å². The van der Waals surface area contributed by atoms with Crippen LogP contribution in [0.15, 0.2) is 0 Å². The van der Waals surface area contributed by atoms with Crippen LogP contribution in [-0.2, 0) is 4.79 Å². The lowest BCUT2D eigenvalue weighted by Crippen LogP contribution is -2.26. The molecule has 0 amide bonds. The quantitative estimate of drug-likeness (QED) is 0.411. The number of nitriles is 1. The Morgan fingerprint density at radius 3 is 2.73 bits per heavy atom. The average Bonchev–Trinajstić information content (AvgIpc) is 2.25. The molecule has 0 aromatic heterocycles. The summed E-state index contributed by atoms with van der Waals surface area (Å²) in [6, 6.07) is -0.935. The molecule has 0 aromatic rings. The van der Waals surface area contributed by atoms with Gasteiger partial charge in [-0.05, 0) is 0 Å². The summed E-state index contributed by atoms with van der Waals surface area (Å²) in [7, 11) is 0. The Kier molecular flexibility index (Phi) is 1.77. The molecule has 0 aliphatic carbocycles. The molecule has 1 atom stereocenters. The van der Waals surface area contributed by atoms with Crippen LogP contribution >= 0.6 is 0 Å². The number of halogens is 2. The molecule has 1 aliphatic heterocycles. The van der Waals surface area contributed by atoms with Gasteiger partial charge < -0.3 is 4.79 Å². The van der Waals surface area contributed by atoms with Crippen LogP contribution < -0.4 is 0 Å². The number of hydrogen-bond donors (Lipinski definition) is 0. The van der Waals surface area contributed by atoms with Gasteiger partial charge in [0.05, 0.1) is 6.54 Å². The molecule has 0 bridgehead atoms. The zero-order valence-electron chi connectivity index (χ0n) is 5.63. The van der Waals surface area contributed by atoms with E-state index in [0.29, 0.717) is 6.29 Å². The second kappa shape index (κ2) is 2.46. The number of likely N-dealkylation sites (tertiary alicyclic amines) is 1. The molecule has 1 fully saturated rings. The maximum Gasteiger partial charge on any atom is 0.268 e. The topological polar surface area (TPSA) is 44.1 Å². The maximum atomic E-state index is 12.5. The third-order valence-electron chi connectivity index (χ3n) is 1.60. The minimum Gasteiger partial charge on any atom is -0.301 e. The molecule has 3 nitrogen and oxygen atoms in total. The molecule has 1 rings (SSSR count). The molecular weight excluding hydrogens is 154 g/mol. The molecule has 0 N–H and O–H groups in total. The lowest BCUT2D eigenvalue weighted by atomic mass is 10.2. The first-order chi connectivity index (χ1) is 5.09. The number of nitrogens with zero attached hydrogens (tertiary/aromatic N) is 2. The average molecular weight is 160 g/mol. The van der Waals surface area contributed by atoms with Crippen LogP contribution in [0.4, 0.5) is 8.78 Å². The molecule has 0 saturated carbocycles. The minimum atomic E-state index is -2.89. The van der Waals surface area contributed by atoms with Crippen molar-refractivity contribution >= 4 is 6.29 Å². The summed E-state index contributed by atoms with van der Waals surface area (Å²) in [6.45, 7) is -0.632. The highest BCUT2D eigenvalue weighted by Crippen LogP contribution is 2.30. The normalized spacial score (nSPS) is 28.1. The van der Waals surface area contributed by atoms with E-state index in [0.717, 1.165) is 4.90 Å². The van der Waals surface area contributed by atoms with Crippen LogP contribution in [0.3, 0.4) is 0 Å². The van der Waals surface area contributed by atoms with Gasteiger partial charge in [-0.2, -0.15) is 5.26 Å². The van der Waals surface area contributed by atoms with Gasteiger partial charge in [0.15, 0.2) is 6.19 Å². The zero-order chi connectivity index (χ0) is 8.48. The van der Waals surface area contributed by atoms with Gasteiger partial charge >= 0.3 is 0 Å². The zero-order valence-corrected chi connectivity index (χ0v) is 5.63. The fraction of sp³-hybridized carbons (Fsp3) is 0.667. The Labute approximate surface area is 62.2 Å². The SMILES string of the molecule is N#CN1CC(F)(F)CC1C=O. The van der Waals surface area contributed by atoms with Gasteiger partial charge in [-0.1, -0.05) is 0 Å². The Balaban J connectivity index is 2.71. The molecule has 60 valence electrons. The second-order valence-corrected chi connectivity index (χ2v) is 2.49. The van der Waals surface area contributed by atoms with Crippen molar-refractivity contribution < 1.29 is 13.6 Å². The summed E-state index contributed by atoms with van der Waals surface area (Å²) in [5, 5.41) is 8.28. The molecular formula is C6H6F2N2O. The van der Waals surface area contributed by atoms with Crippen LogP contribution in [0.2, 0.25) is 0 Å². The Morgan fingerprint density at radius 2 is 2.36 bits per heavy atom. The highest BCUT2D eigenvalue weighted by Gasteiger charge is 2.44. The molecule has 1 unspecified atom stereocenters. The largest absolute Gasteiger partial charge is 0.301 e. The number of carbonyl (C=O) groups excluding carboxylic acids is 1. The third-order valence-corrected chi connectivity index (χ3v) is 1.60. The number of alkyl halides is 2. The molecule has 5 heteroatoms. The predicted molar refractivity (Wildman–Crippen MR) is 31.7 cm³/mol. The summed E-state index contributed by atoms with van der Waals surface area (Å²) in [5.41, 5.74) is 0. The van der Waals surface area contributed by atoms with Crippen molar-refractivity contribution in [2.75, 3.05) is 6.54 Å². The van der Waals surface area contributed by atoms with Crippen LogP contribution in [0, 0.1) is 11.5 Å². The van der Waals surface area contributed by atoms with Gasteiger partial charge in [0.1, 0.15) is 12.3 Å². The van der Waals surface area contributed by atoms with E-state index in [9.17, 15) is 13.6 Å². The maximum absolute atomic E-state index is 12.5. The fourth-order valence-corrected chi connectivity index (χ4v) is 1.08. The lowest BCUT2D eigenvalue weighted by molar-refractivity contribution is -0.111. The number of carbonyl (C=O) groups is 1. The summed E-state index contributed by atoms with van der Waals surface area (Å²) in [4.78, 5) is 10.9. The van der Waals surface area contributed by atoms with Gasteiger partial charge in [0, 0.05) is 6.42 Å². The Bertz CT molecular complexity index is 211. The second-order valence-electron chi connectivity index (χ2n) is 2.49.